The summed E-state index contributed by atoms with van der Waals surface area (Å²) in [4.78, 5) is 24.1. The highest BCUT2D eigenvalue weighted by molar-refractivity contribution is 5.89. The van der Waals surface area contributed by atoms with Crippen molar-refractivity contribution in [2.75, 3.05) is 18.4 Å². The van der Waals surface area contributed by atoms with Gasteiger partial charge in [-0.15, -0.1) is 0 Å². The van der Waals surface area contributed by atoms with Crippen LogP contribution in [0.3, 0.4) is 0 Å². The van der Waals surface area contributed by atoms with Crippen LogP contribution in [0.25, 0.3) is 11.2 Å². The maximum atomic E-state index is 13.1. The lowest BCUT2D eigenvalue weighted by Gasteiger charge is -2.33. The van der Waals surface area contributed by atoms with Crippen molar-refractivity contribution >= 4 is 22.9 Å². The van der Waals surface area contributed by atoms with Crippen molar-refractivity contribution in [3.8, 4) is 0 Å². The van der Waals surface area contributed by atoms with E-state index in [2.05, 4.69) is 14.9 Å². The summed E-state index contributed by atoms with van der Waals surface area (Å²) in [6.45, 7) is 1.35. The number of nitrogens with one attached hydrogen (secondary N) is 1. The average molecular weight is 422 g/mol. The number of carbonyl (C=O) groups is 1. The summed E-state index contributed by atoms with van der Waals surface area (Å²) in [5.41, 5.74) is 2.54. The van der Waals surface area contributed by atoms with Gasteiger partial charge in [-0.3, -0.25) is 0 Å². The van der Waals surface area contributed by atoms with Gasteiger partial charge in [-0.25, -0.2) is 19.2 Å². The number of amides is 2. The molecule has 0 bridgehead atoms. The molecule has 6 nitrogen and oxygen atoms in total. The fraction of sp³-hybridized carbons (Fsp3) is 0.458. The summed E-state index contributed by atoms with van der Waals surface area (Å²) in [5, 5.41) is 2.87. The van der Waals surface area contributed by atoms with Gasteiger partial charge in [0.05, 0.1) is 0 Å². The van der Waals surface area contributed by atoms with E-state index in [0.717, 1.165) is 42.2 Å². The molecule has 0 unspecified atom stereocenters. The van der Waals surface area contributed by atoms with Crippen LogP contribution in [0.2, 0.25) is 0 Å². The Morgan fingerprint density at radius 3 is 2.55 bits per heavy atom. The second-order valence-corrected chi connectivity index (χ2v) is 8.75. The summed E-state index contributed by atoms with van der Waals surface area (Å²) in [6.07, 6.45) is 9.83. The third-order valence-electron chi connectivity index (χ3n) is 6.68. The summed E-state index contributed by atoms with van der Waals surface area (Å²) in [7, 11) is 0. The maximum Gasteiger partial charge on any atom is 0.321 e. The van der Waals surface area contributed by atoms with E-state index >= 15 is 0 Å². The first-order valence-corrected chi connectivity index (χ1v) is 11.3. The molecule has 31 heavy (non-hydrogen) atoms. The van der Waals surface area contributed by atoms with Gasteiger partial charge >= 0.3 is 6.03 Å². The predicted octanol–water partition coefficient (Wildman–Crippen LogP) is 5.17. The highest BCUT2D eigenvalue weighted by Gasteiger charge is 2.28. The molecular weight excluding hydrogens is 393 g/mol. The number of rotatable bonds is 4. The maximum absolute atomic E-state index is 13.1. The molecule has 2 amide bonds. The van der Waals surface area contributed by atoms with E-state index in [9.17, 15) is 9.18 Å². The van der Waals surface area contributed by atoms with E-state index in [1.54, 1.807) is 12.1 Å². The third kappa shape index (κ3) is 4.27. The van der Waals surface area contributed by atoms with Crippen molar-refractivity contribution in [1.29, 1.82) is 0 Å². The number of halogens is 1. The molecule has 7 heteroatoms. The highest BCUT2D eigenvalue weighted by atomic mass is 19.1. The van der Waals surface area contributed by atoms with Gasteiger partial charge in [-0.2, -0.15) is 0 Å². The van der Waals surface area contributed by atoms with Gasteiger partial charge in [0, 0.05) is 37.4 Å². The summed E-state index contributed by atoms with van der Waals surface area (Å²) in [6, 6.07) is 10.0. The van der Waals surface area contributed by atoms with Crippen LogP contribution in [0.1, 0.15) is 50.4 Å². The molecule has 2 fully saturated rings. The number of carbonyl (C=O) groups excluding carboxylic acids is 1. The van der Waals surface area contributed by atoms with E-state index < -0.39 is 0 Å². The molecule has 162 valence electrons. The SMILES string of the molecule is O=C(Nc1ccc(F)cc1)N1CCC(n2c(CC3CCCC3)nc3cccnc32)CC1. The zero-order valence-electron chi connectivity index (χ0n) is 17.6. The first kappa shape index (κ1) is 20.0. The van der Waals surface area contributed by atoms with E-state index in [1.807, 2.05) is 23.2 Å². The Balaban J connectivity index is 1.29. The second kappa shape index (κ2) is 8.65. The van der Waals surface area contributed by atoms with E-state index in [4.69, 9.17) is 4.98 Å². The number of anilines is 1. The molecule has 3 aromatic rings. The highest BCUT2D eigenvalue weighted by Crippen LogP contribution is 2.32. The molecular formula is C24H28FN5O. The number of hydrogen-bond acceptors (Lipinski definition) is 3. The first-order chi connectivity index (χ1) is 15.2. The molecule has 1 aliphatic carbocycles. The van der Waals surface area contributed by atoms with Gasteiger partial charge in [0.2, 0.25) is 0 Å². The van der Waals surface area contributed by atoms with Gasteiger partial charge in [0.25, 0.3) is 0 Å². The fourth-order valence-electron chi connectivity index (χ4n) is 5.04. The number of piperidine rings is 1. The largest absolute Gasteiger partial charge is 0.324 e. The van der Waals surface area contributed by atoms with Crippen molar-refractivity contribution in [1.82, 2.24) is 19.4 Å². The molecule has 2 aromatic heterocycles. The van der Waals surface area contributed by atoms with Crippen LogP contribution in [-0.4, -0.2) is 38.6 Å². The molecule has 0 radical (unpaired) electrons. The molecule has 1 aliphatic heterocycles. The second-order valence-electron chi connectivity index (χ2n) is 8.75. The Morgan fingerprint density at radius 2 is 1.81 bits per heavy atom. The lowest BCUT2D eigenvalue weighted by Crippen LogP contribution is -2.41. The zero-order chi connectivity index (χ0) is 21.2. The molecule has 2 aliphatic rings. The summed E-state index contributed by atoms with van der Waals surface area (Å²) < 4.78 is 15.4. The Kier molecular flexibility index (Phi) is 5.57. The van der Waals surface area contributed by atoms with Crippen LogP contribution in [0.4, 0.5) is 14.9 Å². The van der Waals surface area contributed by atoms with E-state index in [1.165, 1.54) is 37.8 Å². The van der Waals surface area contributed by atoms with Gasteiger partial charge < -0.3 is 14.8 Å². The van der Waals surface area contributed by atoms with Crippen molar-refractivity contribution in [3.63, 3.8) is 0 Å². The van der Waals surface area contributed by atoms with Crippen LogP contribution in [0, 0.1) is 11.7 Å². The number of nitrogens with zero attached hydrogens (tertiary/aromatic N) is 4. The average Bonchev–Trinajstić information content (AvgIpc) is 3.43. The molecule has 5 rings (SSSR count). The zero-order valence-corrected chi connectivity index (χ0v) is 17.6. The Morgan fingerprint density at radius 1 is 1.06 bits per heavy atom. The molecule has 1 N–H and O–H groups in total. The predicted molar refractivity (Wildman–Crippen MR) is 118 cm³/mol. The number of imidazole rings is 1. The lowest BCUT2D eigenvalue weighted by atomic mass is 10.0. The minimum atomic E-state index is -0.312. The minimum absolute atomic E-state index is 0.134. The number of aromatic nitrogens is 3. The van der Waals surface area contributed by atoms with Crippen LogP contribution >= 0.6 is 0 Å². The molecule has 1 aromatic carbocycles. The number of urea groups is 1. The van der Waals surface area contributed by atoms with Gasteiger partial charge in [0.1, 0.15) is 17.2 Å². The molecule has 1 saturated carbocycles. The van der Waals surface area contributed by atoms with E-state index in [0.29, 0.717) is 24.8 Å². The smallest absolute Gasteiger partial charge is 0.321 e. The molecule has 3 heterocycles. The van der Waals surface area contributed by atoms with E-state index in [-0.39, 0.29) is 11.8 Å². The Labute approximate surface area is 181 Å². The number of fused-ring (bicyclic) bond motifs is 1. The van der Waals surface area contributed by atoms with Gasteiger partial charge in [-0.1, -0.05) is 25.7 Å². The Bertz CT molecular complexity index is 1050. The van der Waals surface area contributed by atoms with Gasteiger partial charge in [-0.05, 0) is 55.2 Å². The van der Waals surface area contributed by atoms with Crippen LogP contribution in [-0.2, 0) is 6.42 Å². The van der Waals surface area contributed by atoms with Crippen LogP contribution < -0.4 is 5.32 Å². The van der Waals surface area contributed by atoms with Crippen LogP contribution in [0.15, 0.2) is 42.6 Å². The molecule has 1 saturated heterocycles. The number of benzene rings is 1. The Hall–Kier alpha value is -2.96. The van der Waals surface area contributed by atoms with Gasteiger partial charge in [0.15, 0.2) is 5.65 Å². The third-order valence-corrected chi connectivity index (χ3v) is 6.68. The topological polar surface area (TPSA) is 63.1 Å². The lowest BCUT2D eigenvalue weighted by molar-refractivity contribution is 0.183. The minimum Gasteiger partial charge on any atom is -0.324 e. The van der Waals surface area contributed by atoms with Crippen molar-refractivity contribution in [2.45, 2.75) is 51.0 Å². The van der Waals surface area contributed by atoms with Crippen molar-refractivity contribution < 1.29 is 9.18 Å². The summed E-state index contributed by atoms with van der Waals surface area (Å²) >= 11 is 0. The quantitative estimate of drug-likeness (QED) is 0.632. The van der Waals surface area contributed by atoms with Crippen LogP contribution in [0.5, 0.6) is 0 Å². The van der Waals surface area contributed by atoms with Crippen molar-refractivity contribution in [3.05, 3.63) is 54.2 Å². The van der Waals surface area contributed by atoms with Crippen molar-refractivity contribution in [2.24, 2.45) is 5.92 Å². The number of likely N-dealkylation sites (tertiary alicyclic amines) is 1. The fourth-order valence-corrected chi connectivity index (χ4v) is 5.04. The number of pyridine rings is 1. The molecule has 0 spiro atoms. The molecule has 0 atom stereocenters. The first-order valence-electron chi connectivity index (χ1n) is 11.3. The standard InChI is InChI=1S/C24H28FN5O/c25-18-7-9-19(10-8-18)27-24(31)29-14-11-20(12-15-29)30-22(16-17-4-1-2-5-17)28-21-6-3-13-26-23(21)30/h3,6-10,13,17,20H,1-2,4-5,11-12,14-16H2,(H,27,31). The monoisotopic (exact) mass is 421 g/mol. The normalized spacial score (nSPS) is 18.0. The number of hydrogen-bond donors (Lipinski definition) is 1. The summed E-state index contributed by atoms with van der Waals surface area (Å²) in [5.74, 6) is 1.56.